The predicted molar refractivity (Wildman–Crippen MR) is 68.5 cm³/mol. The van der Waals surface area contributed by atoms with Crippen molar-refractivity contribution in [3.8, 4) is 0 Å². The molecule has 0 aromatic carbocycles. The molecule has 0 spiro atoms. The molecule has 1 unspecified atom stereocenters. The summed E-state index contributed by atoms with van der Waals surface area (Å²) in [6.45, 7) is 2.04. The number of aliphatic hydroxyl groups excluding tert-OH is 1. The van der Waals surface area contributed by atoms with Crippen LogP contribution in [0.1, 0.15) is 13.3 Å². The standard InChI is InChI=1S/C10H20N6O/c1-5-7(6-17)12-9-13-8(11-2)14-10(15-9)16(3)4/h7,17H,5-6H2,1-4H3,(H2,11,12,13,14,15). The molecule has 0 radical (unpaired) electrons. The van der Waals surface area contributed by atoms with Gasteiger partial charge in [0.2, 0.25) is 17.8 Å². The van der Waals surface area contributed by atoms with Crippen LogP contribution < -0.4 is 15.5 Å². The first-order valence-corrected chi connectivity index (χ1v) is 5.59. The largest absolute Gasteiger partial charge is 0.394 e. The molecule has 1 rings (SSSR count). The molecule has 7 heteroatoms. The van der Waals surface area contributed by atoms with E-state index >= 15 is 0 Å². The van der Waals surface area contributed by atoms with Gasteiger partial charge in [0.15, 0.2) is 0 Å². The fraction of sp³-hybridized carbons (Fsp3) is 0.700. The van der Waals surface area contributed by atoms with Crippen LogP contribution in [0, 0.1) is 0 Å². The Balaban J connectivity index is 2.94. The van der Waals surface area contributed by atoms with Gasteiger partial charge in [-0.15, -0.1) is 0 Å². The van der Waals surface area contributed by atoms with Crippen LogP contribution in [-0.4, -0.2) is 53.9 Å². The molecule has 3 N–H and O–H groups in total. The molecule has 0 bridgehead atoms. The number of aliphatic hydroxyl groups is 1. The van der Waals surface area contributed by atoms with Crippen molar-refractivity contribution in [2.24, 2.45) is 0 Å². The molecular formula is C10H20N6O. The highest BCUT2D eigenvalue weighted by atomic mass is 16.3. The zero-order valence-electron chi connectivity index (χ0n) is 10.7. The fourth-order valence-corrected chi connectivity index (χ4v) is 1.20. The highest BCUT2D eigenvalue weighted by Crippen LogP contribution is 2.12. The summed E-state index contributed by atoms with van der Waals surface area (Å²) in [5, 5.41) is 15.1. The molecule has 0 aliphatic heterocycles. The molecule has 0 fully saturated rings. The number of hydrogen-bond acceptors (Lipinski definition) is 7. The van der Waals surface area contributed by atoms with E-state index in [4.69, 9.17) is 5.11 Å². The molecule has 0 saturated heterocycles. The molecule has 1 aromatic rings. The number of nitrogens with zero attached hydrogens (tertiary/aromatic N) is 4. The first-order chi connectivity index (χ1) is 8.10. The molecule has 96 valence electrons. The van der Waals surface area contributed by atoms with Crippen LogP contribution in [0.15, 0.2) is 0 Å². The first-order valence-electron chi connectivity index (χ1n) is 5.59. The summed E-state index contributed by atoms with van der Waals surface area (Å²) in [6.07, 6.45) is 0.800. The topological polar surface area (TPSA) is 86.2 Å². The maximum absolute atomic E-state index is 9.13. The van der Waals surface area contributed by atoms with E-state index in [9.17, 15) is 0 Å². The van der Waals surface area contributed by atoms with Crippen molar-refractivity contribution in [1.82, 2.24) is 15.0 Å². The van der Waals surface area contributed by atoms with Crippen LogP contribution in [0.25, 0.3) is 0 Å². The summed E-state index contributed by atoms with van der Waals surface area (Å²) in [5.74, 6) is 1.53. The predicted octanol–water partition coefficient (Wildman–Crippen LogP) is 0.162. The summed E-state index contributed by atoms with van der Waals surface area (Å²) in [5.41, 5.74) is 0. The van der Waals surface area contributed by atoms with Gasteiger partial charge in [-0.25, -0.2) is 0 Å². The Bertz CT molecular complexity index is 353. The lowest BCUT2D eigenvalue weighted by Crippen LogP contribution is -2.25. The second-order valence-corrected chi connectivity index (χ2v) is 3.86. The molecule has 17 heavy (non-hydrogen) atoms. The van der Waals surface area contributed by atoms with E-state index in [1.165, 1.54) is 0 Å². The Morgan fingerprint density at radius 1 is 1.24 bits per heavy atom. The summed E-state index contributed by atoms with van der Waals surface area (Å²) in [7, 11) is 5.48. The summed E-state index contributed by atoms with van der Waals surface area (Å²) in [4.78, 5) is 14.4. The van der Waals surface area contributed by atoms with Crippen LogP contribution in [0.3, 0.4) is 0 Å². The second-order valence-electron chi connectivity index (χ2n) is 3.86. The van der Waals surface area contributed by atoms with Gasteiger partial charge in [-0.05, 0) is 6.42 Å². The minimum Gasteiger partial charge on any atom is -0.394 e. The zero-order valence-corrected chi connectivity index (χ0v) is 10.7. The Kier molecular flexibility index (Phi) is 4.89. The van der Waals surface area contributed by atoms with E-state index in [-0.39, 0.29) is 12.6 Å². The average Bonchev–Trinajstić information content (AvgIpc) is 2.35. The summed E-state index contributed by atoms with van der Waals surface area (Å²) < 4.78 is 0. The van der Waals surface area contributed by atoms with Crippen LogP contribution in [0.5, 0.6) is 0 Å². The average molecular weight is 240 g/mol. The van der Waals surface area contributed by atoms with Crippen molar-refractivity contribution >= 4 is 17.8 Å². The Morgan fingerprint density at radius 3 is 2.35 bits per heavy atom. The second kappa shape index (κ2) is 6.19. The zero-order chi connectivity index (χ0) is 12.8. The van der Waals surface area contributed by atoms with E-state index in [1.54, 1.807) is 11.9 Å². The molecule has 1 atom stereocenters. The molecule has 0 saturated carbocycles. The van der Waals surface area contributed by atoms with Gasteiger partial charge in [0, 0.05) is 21.1 Å². The first kappa shape index (κ1) is 13.4. The lowest BCUT2D eigenvalue weighted by Gasteiger charge is -2.16. The Labute approximate surface area is 101 Å². The smallest absolute Gasteiger partial charge is 0.231 e. The molecular weight excluding hydrogens is 220 g/mol. The van der Waals surface area contributed by atoms with Crippen LogP contribution in [-0.2, 0) is 0 Å². The minimum absolute atomic E-state index is 0.0443. The van der Waals surface area contributed by atoms with Gasteiger partial charge < -0.3 is 20.6 Å². The van der Waals surface area contributed by atoms with Gasteiger partial charge in [-0.2, -0.15) is 15.0 Å². The van der Waals surface area contributed by atoms with Crippen LogP contribution in [0.2, 0.25) is 0 Å². The lowest BCUT2D eigenvalue weighted by molar-refractivity contribution is 0.271. The number of hydrogen-bond donors (Lipinski definition) is 3. The molecule has 0 aliphatic carbocycles. The SMILES string of the molecule is CCC(CO)Nc1nc(NC)nc(N(C)C)n1. The Morgan fingerprint density at radius 2 is 1.88 bits per heavy atom. The maximum atomic E-state index is 9.13. The summed E-state index contributed by atoms with van der Waals surface area (Å²) >= 11 is 0. The van der Waals surface area contributed by atoms with Crippen LogP contribution >= 0.6 is 0 Å². The van der Waals surface area contributed by atoms with Crippen molar-refractivity contribution < 1.29 is 5.11 Å². The van der Waals surface area contributed by atoms with E-state index in [2.05, 4.69) is 25.6 Å². The molecule has 7 nitrogen and oxygen atoms in total. The molecule has 1 aromatic heterocycles. The van der Waals surface area contributed by atoms with E-state index in [0.717, 1.165) is 6.42 Å². The van der Waals surface area contributed by atoms with Crippen molar-refractivity contribution in [3.63, 3.8) is 0 Å². The number of rotatable bonds is 6. The van der Waals surface area contributed by atoms with E-state index < -0.39 is 0 Å². The molecule has 0 amide bonds. The molecule has 1 heterocycles. The number of aromatic nitrogens is 3. The third-order valence-corrected chi connectivity index (χ3v) is 2.29. The van der Waals surface area contributed by atoms with Gasteiger partial charge in [0.1, 0.15) is 0 Å². The van der Waals surface area contributed by atoms with Crippen molar-refractivity contribution in [2.45, 2.75) is 19.4 Å². The highest BCUT2D eigenvalue weighted by Gasteiger charge is 2.10. The maximum Gasteiger partial charge on any atom is 0.231 e. The third kappa shape index (κ3) is 3.70. The minimum atomic E-state index is -0.0443. The van der Waals surface area contributed by atoms with Gasteiger partial charge in [-0.1, -0.05) is 6.92 Å². The van der Waals surface area contributed by atoms with Gasteiger partial charge in [0.05, 0.1) is 12.6 Å². The highest BCUT2D eigenvalue weighted by molar-refractivity contribution is 5.43. The van der Waals surface area contributed by atoms with E-state index in [1.807, 2.05) is 21.0 Å². The van der Waals surface area contributed by atoms with Crippen LogP contribution in [0.4, 0.5) is 17.8 Å². The monoisotopic (exact) mass is 240 g/mol. The van der Waals surface area contributed by atoms with E-state index in [0.29, 0.717) is 17.8 Å². The lowest BCUT2D eigenvalue weighted by atomic mass is 10.2. The number of anilines is 3. The third-order valence-electron chi connectivity index (χ3n) is 2.29. The fourth-order valence-electron chi connectivity index (χ4n) is 1.20. The quantitative estimate of drug-likeness (QED) is 0.653. The van der Waals surface area contributed by atoms with Crippen molar-refractivity contribution in [1.29, 1.82) is 0 Å². The normalized spacial score (nSPS) is 12.1. The Hall–Kier alpha value is -1.63. The van der Waals surface area contributed by atoms with Gasteiger partial charge in [0.25, 0.3) is 0 Å². The van der Waals surface area contributed by atoms with Gasteiger partial charge >= 0.3 is 0 Å². The summed E-state index contributed by atoms with van der Waals surface area (Å²) in [6, 6.07) is -0.0443. The van der Waals surface area contributed by atoms with Crippen molar-refractivity contribution in [3.05, 3.63) is 0 Å². The molecule has 0 aliphatic rings. The number of nitrogens with one attached hydrogen (secondary N) is 2. The van der Waals surface area contributed by atoms with Gasteiger partial charge in [-0.3, -0.25) is 0 Å². The van der Waals surface area contributed by atoms with Crippen molar-refractivity contribution in [2.75, 3.05) is 43.3 Å².